The normalized spacial score (nSPS) is 14.2. The van der Waals surface area contributed by atoms with Crippen molar-refractivity contribution in [2.45, 2.75) is 58.5 Å². The first-order valence-electron chi connectivity index (χ1n) is 11.9. The molecule has 35 heavy (non-hydrogen) atoms. The first-order valence-corrected chi connectivity index (χ1v) is 11.9. The van der Waals surface area contributed by atoms with Crippen LogP contribution in [0.4, 0.5) is 5.69 Å². The van der Waals surface area contributed by atoms with Crippen molar-refractivity contribution in [3.8, 4) is 0 Å². The molecule has 1 saturated carbocycles. The van der Waals surface area contributed by atoms with Crippen LogP contribution in [0.25, 0.3) is 16.7 Å². The van der Waals surface area contributed by atoms with Crippen LogP contribution in [0, 0.1) is 6.92 Å². The second-order valence-corrected chi connectivity index (χ2v) is 10.3. The number of aryl methyl sites for hydroxylation is 1. The molecule has 1 aliphatic carbocycles. The summed E-state index contributed by atoms with van der Waals surface area (Å²) >= 11 is 0. The SMILES string of the molecule is Cc1nn(C(C)(C)C)c2nc(C3CC3)cc(C(=O)Nc3cnn(Cc4cn5ccccc5n4)c3)c12. The first kappa shape index (κ1) is 21.5. The molecule has 1 aliphatic rings. The average molecular weight is 469 g/mol. The van der Waals surface area contributed by atoms with E-state index < -0.39 is 0 Å². The molecule has 5 aromatic rings. The van der Waals surface area contributed by atoms with Gasteiger partial charge in [-0.1, -0.05) is 6.07 Å². The third-order valence-electron chi connectivity index (χ3n) is 6.34. The summed E-state index contributed by atoms with van der Waals surface area (Å²) in [6.45, 7) is 8.75. The maximum atomic E-state index is 13.5. The molecule has 0 radical (unpaired) electrons. The number of pyridine rings is 2. The van der Waals surface area contributed by atoms with E-state index in [9.17, 15) is 4.79 Å². The van der Waals surface area contributed by atoms with Crippen molar-refractivity contribution >= 4 is 28.3 Å². The highest BCUT2D eigenvalue weighted by Gasteiger charge is 2.30. The van der Waals surface area contributed by atoms with E-state index in [0.717, 1.165) is 46.6 Å². The highest BCUT2D eigenvalue weighted by Crippen LogP contribution is 2.41. The van der Waals surface area contributed by atoms with Gasteiger partial charge in [-0.2, -0.15) is 10.2 Å². The topological polar surface area (TPSA) is 94.9 Å². The average Bonchev–Trinajstić information content (AvgIpc) is 3.30. The smallest absolute Gasteiger partial charge is 0.256 e. The Bertz CT molecular complexity index is 1550. The number of hydrogen-bond donors (Lipinski definition) is 1. The fourth-order valence-corrected chi connectivity index (χ4v) is 4.49. The van der Waals surface area contributed by atoms with Gasteiger partial charge in [0.05, 0.1) is 46.3 Å². The van der Waals surface area contributed by atoms with Crippen LogP contribution < -0.4 is 5.32 Å². The molecule has 0 unspecified atom stereocenters. The molecule has 9 nitrogen and oxygen atoms in total. The molecule has 5 heterocycles. The van der Waals surface area contributed by atoms with Gasteiger partial charge in [0, 0.05) is 30.2 Å². The molecule has 9 heteroatoms. The van der Waals surface area contributed by atoms with Gasteiger partial charge in [0.1, 0.15) is 5.65 Å². The van der Waals surface area contributed by atoms with Crippen LogP contribution in [-0.4, -0.2) is 39.8 Å². The van der Waals surface area contributed by atoms with Crippen LogP contribution >= 0.6 is 0 Å². The molecule has 178 valence electrons. The van der Waals surface area contributed by atoms with E-state index in [-0.39, 0.29) is 11.4 Å². The van der Waals surface area contributed by atoms with Gasteiger partial charge in [-0.3, -0.25) is 9.48 Å². The Balaban J connectivity index is 1.30. The number of nitrogens with one attached hydrogen (secondary N) is 1. The van der Waals surface area contributed by atoms with E-state index in [0.29, 0.717) is 23.7 Å². The minimum Gasteiger partial charge on any atom is -0.319 e. The number of carbonyl (C=O) groups excluding carboxylic acids is 1. The molecule has 1 N–H and O–H groups in total. The van der Waals surface area contributed by atoms with Gasteiger partial charge in [0.15, 0.2) is 5.65 Å². The molecule has 0 spiro atoms. The van der Waals surface area contributed by atoms with E-state index in [1.165, 1.54) is 0 Å². The minimum atomic E-state index is -0.242. The Morgan fingerprint density at radius 2 is 2.00 bits per heavy atom. The van der Waals surface area contributed by atoms with Crippen LogP contribution in [0.2, 0.25) is 0 Å². The van der Waals surface area contributed by atoms with E-state index in [1.807, 2.05) is 58.9 Å². The van der Waals surface area contributed by atoms with Crippen molar-refractivity contribution in [1.82, 2.24) is 33.9 Å². The molecule has 0 saturated heterocycles. The summed E-state index contributed by atoms with van der Waals surface area (Å²) in [7, 11) is 0. The Kier molecular flexibility index (Phi) is 4.77. The van der Waals surface area contributed by atoms with Gasteiger partial charge in [0.25, 0.3) is 5.91 Å². The van der Waals surface area contributed by atoms with Crippen LogP contribution in [-0.2, 0) is 12.1 Å². The van der Waals surface area contributed by atoms with Gasteiger partial charge >= 0.3 is 0 Å². The summed E-state index contributed by atoms with van der Waals surface area (Å²) in [5, 5.41) is 13.0. The Morgan fingerprint density at radius 1 is 1.17 bits per heavy atom. The predicted octanol–water partition coefficient (Wildman–Crippen LogP) is 4.52. The van der Waals surface area contributed by atoms with Crippen molar-refractivity contribution in [2.75, 3.05) is 5.32 Å². The van der Waals surface area contributed by atoms with E-state index in [4.69, 9.17) is 10.1 Å². The maximum Gasteiger partial charge on any atom is 0.256 e. The second-order valence-electron chi connectivity index (χ2n) is 10.3. The number of imidazole rings is 1. The molecular formula is C26H28N8O. The van der Waals surface area contributed by atoms with Crippen molar-refractivity contribution in [1.29, 1.82) is 0 Å². The zero-order valence-corrected chi connectivity index (χ0v) is 20.4. The molecule has 5 aromatic heterocycles. The van der Waals surface area contributed by atoms with Crippen LogP contribution in [0.5, 0.6) is 0 Å². The lowest BCUT2D eigenvalue weighted by molar-refractivity contribution is 0.102. The standard InChI is InChI=1S/C26H28N8O/c1-16-23-20(11-21(17-8-9-17)30-24(23)34(31-16)26(2,3)4)25(35)29-18-12-27-33(14-18)15-19-13-32-10-6-5-7-22(32)28-19/h5-7,10-14,17H,8-9,15H2,1-4H3,(H,29,35). The zero-order valence-electron chi connectivity index (χ0n) is 20.4. The summed E-state index contributed by atoms with van der Waals surface area (Å²) in [4.78, 5) is 23.1. The molecule has 0 atom stereocenters. The van der Waals surface area contributed by atoms with Gasteiger partial charge in [-0.15, -0.1) is 0 Å². The summed E-state index contributed by atoms with van der Waals surface area (Å²) in [6.07, 6.45) is 9.66. The third kappa shape index (κ3) is 3.96. The second kappa shape index (κ2) is 7.76. The van der Waals surface area contributed by atoms with Gasteiger partial charge in [-0.25, -0.2) is 14.6 Å². The van der Waals surface area contributed by atoms with Crippen LogP contribution in [0.15, 0.2) is 49.1 Å². The molecule has 0 aromatic carbocycles. The van der Waals surface area contributed by atoms with Gasteiger partial charge in [-0.05, 0) is 58.7 Å². The fourth-order valence-electron chi connectivity index (χ4n) is 4.49. The Morgan fingerprint density at radius 3 is 2.74 bits per heavy atom. The molecule has 1 fully saturated rings. The van der Waals surface area contributed by atoms with Crippen molar-refractivity contribution < 1.29 is 4.79 Å². The quantitative estimate of drug-likeness (QED) is 0.409. The van der Waals surface area contributed by atoms with Crippen molar-refractivity contribution in [3.63, 3.8) is 0 Å². The van der Waals surface area contributed by atoms with E-state index in [2.05, 4.69) is 36.2 Å². The minimum absolute atomic E-state index is 0.178. The first-order chi connectivity index (χ1) is 16.8. The summed E-state index contributed by atoms with van der Waals surface area (Å²) in [5.74, 6) is 0.242. The zero-order chi connectivity index (χ0) is 24.3. The van der Waals surface area contributed by atoms with Crippen molar-refractivity contribution in [2.24, 2.45) is 0 Å². The monoisotopic (exact) mass is 468 g/mol. The number of nitrogens with zero attached hydrogens (tertiary/aromatic N) is 7. The highest BCUT2D eigenvalue weighted by atomic mass is 16.1. The van der Waals surface area contributed by atoms with Crippen molar-refractivity contribution in [3.05, 3.63) is 71.7 Å². The largest absolute Gasteiger partial charge is 0.319 e. The van der Waals surface area contributed by atoms with Crippen LogP contribution in [0.1, 0.15) is 67.0 Å². The van der Waals surface area contributed by atoms with E-state index >= 15 is 0 Å². The predicted molar refractivity (Wildman–Crippen MR) is 134 cm³/mol. The third-order valence-corrected chi connectivity index (χ3v) is 6.34. The number of aromatic nitrogens is 7. The molecule has 0 bridgehead atoms. The molecular weight excluding hydrogens is 440 g/mol. The Hall–Kier alpha value is -4.01. The van der Waals surface area contributed by atoms with Gasteiger partial charge < -0.3 is 9.72 Å². The number of amides is 1. The van der Waals surface area contributed by atoms with E-state index in [1.54, 1.807) is 10.9 Å². The number of hydrogen-bond acceptors (Lipinski definition) is 5. The molecule has 6 rings (SSSR count). The van der Waals surface area contributed by atoms with Crippen LogP contribution in [0.3, 0.4) is 0 Å². The lowest BCUT2D eigenvalue weighted by Crippen LogP contribution is -2.23. The number of fused-ring (bicyclic) bond motifs is 2. The lowest BCUT2D eigenvalue weighted by atomic mass is 10.1. The molecule has 1 amide bonds. The van der Waals surface area contributed by atoms with Gasteiger partial charge in [0.2, 0.25) is 0 Å². The summed E-state index contributed by atoms with van der Waals surface area (Å²) in [5.41, 5.74) is 5.33. The lowest BCUT2D eigenvalue weighted by Gasteiger charge is -2.20. The number of carbonyl (C=O) groups is 1. The number of rotatable bonds is 5. The number of anilines is 1. The summed E-state index contributed by atoms with van der Waals surface area (Å²) in [6, 6.07) is 7.84. The highest BCUT2D eigenvalue weighted by molar-refractivity contribution is 6.12. The maximum absolute atomic E-state index is 13.5. The molecule has 0 aliphatic heterocycles. The fraction of sp³-hybridized carbons (Fsp3) is 0.346. The summed E-state index contributed by atoms with van der Waals surface area (Å²) < 4.78 is 5.69. The Labute approximate surface area is 202 Å².